The van der Waals surface area contributed by atoms with Gasteiger partial charge in [-0.1, -0.05) is 78.8 Å². The molecule has 3 N–H and O–H groups in total. The quantitative estimate of drug-likeness (QED) is 0.331. The minimum atomic E-state index is -0.950. The standard InChI is InChI=1S/C34H55N5O5/c1-22(2)26(21-38-19-13-17-24(38)30(41)39-20-14-18-25(39)32(43)44)37(9)31(42)28(33(3,4)5)36-29(40)27(35-8)34(6,7)23-15-11-10-12-16-23/h10-12,15-16,22,24-28,35H,13-14,17-21H2,1-9H3,(H,36,40)(H,43,44)/t24-,25-,26+,27?,28+/m0/s1. The van der Waals surface area contributed by atoms with Gasteiger partial charge in [0.2, 0.25) is 17.7 Å². The van der Waals surface area contributed by atoms with Crippen LogP contribution in [0.1, 0.15) is 79.7 Å². The van der Waals surface area contributed by atoms with Crippen molar-refractivity contribution in [3.8, 4) is 0 Å². The molecule has 2 aliphatic heterocycles. The van der Waals surface area contributed by atoms with E-state index in [1.807, 2.05) is 65.0 Å². The van der Waals surface area contributed by atoms with Crippen LogP contribution in [0.3, 0.4) is 0 Å². The van der Waals surface area contributed by atoms with Crippen molar-refractivity contribution < 1.29 is 24.3 Å². The molecule has 2 fully saturated rings. The van der Waals surface area contributed by atoms with Gasteiger partial charge in [0.25, 0.3) is 0 Å². The summed E-state index contributed by atoms with van der Waals surface area (Å²) in [5.41, 5.74) is -0.0844. The van der Waals surface area contributed by atoms with Crippen LogP contribution >= 0.6 is 0 Å². The predicted molar refractivity (Wildman–Crippen MR) is 172 cm³/mol. The highest BCUT2D eigenvalue weighted by molar-refractivity contribution is 5.91. The van der Waals surface area contributed by atoms with Crippen LogP contribution in [0.5, 0.6) is 0 Å². The van der Waals surface area contributed by atoms with Crippen molar-refractivity contribution in [3.63, 3.8) is 0 Å². The normalized spacial score (nSPS) is 21.6. The number of carbonyl (C=O) groups excluding carboxylic acids is 3. The fourth-order valence-corrected chi connectivity index (χ4v) is 6.92. The lowest BCUT2D eigenvalue weighted by atomic mass is 9.76. The maximum absolute atomic E-state index is 14.2. The molecule has 0 radical (unpaired) electrons. The number of amides is 3. The highest BCUT2D eigenvalue weighted by Crippen LogP contribution is 2.30. The fourth-order valence-electron chi connectivity index (χ4n) is 6.92. The van der Waals surface area contributed by atoms with E-state index >= 15 is 0 Å². The first kappa shape index (κ1) is 35.5. The van der Waals surface area contributed by atoms with Crippen LogP contribution in [0.25, 0.3) is 0 Å². The number of nitrogens with one attached hydrogen (secondary N) is 2. The fraction of sp³-hybridized carbons (Fsp3) is 0.706. The summed E-state index contributed by atoms with van der Waals surface area (Å²) in [6.45, 7) is 15.7. The van der Waals surface area contributed by atoms with E-state index in [0.717, 1.165) is 12.0 Å². The Hall–Kier alpha value is -2.98. The second-order valence-corrected chi connectivity index (χ2v) is 14.6. The summed E-state index contributed by atoms with van der Waals surface area (Å²) in [5.74, 6) is -1.41. The van der Waals surface area contributed by atoms with E-state index in [-0.39, 0.29) is 29.7 Å². The van der Waals surface area contributed by atoms with Crippen LogP contribution in [0.2, 0.25) is 0 Å². The Balaban J connectivity index is 1.79. The molecule has 10 nitrogen and oxygen atoms in total. The van der Waals surface area contributed by atoms with Crippen molar-refractivity contribution >= 4 is 23.7 Å². The van der Waals surface area contributed by atoms with E-state index in [2.05, 4.69) is 29.4 Å². The molecule has 2 heterocycles. The Bertz CT molecular complexity index is 1160. The highest BCUT2D eigenvalue weighted by atomic mass is 16.4. The first-order chi connectivity index (χ1) is 20.5. The van der Waals surface area contributed by atoms with Gasteiger partial charge in [-0.25, -0.2) is 4.79 Å². The van der Waals surface area contributed by atoms with E-state index in [9.17, 15) is 24.3 Å². The number of benzene rings is 1. The van der Waals surface area contributed by atoms with Crippen molar-refractivity contribution in [3.05, 3.63) is 35.9 Å². The SMILES string of the molecule is CNC(C(=O)N[C@H](C(=O)N(C)[C@H](CN1CCC[C@H]1C(=O)N1CCC[C@H]1C(=O)O)C(C)C)C(C)(C)C)C(C)(C)c1ccccc1. The number of carboxylic acids is 1. The van der Waals surface area contributed by atoms with Gasteiger partial charge in [-0.2, -0.15) is 0 Å². The summed E-state index contributed by atoms with van der Waals surface area (Å²) < 4.78 is 0. The highest BCUT2D eigenvalue weighted by Gasteiger charge is 2.44. The second kappa shape index (κ2) is 14.4. The lowest BCUT2D eigenvalue weighted by molar-refractivity contribution is -0.150. The molecule has 2 aliphatic rings. The lowest BCUT2D eigenvalue weighted by Crippen LogP contribution is -2.62. The third-order valence-electron chi connectivity index (χ3n) is 9.70. The van der Waals surface area contributed by atoms with Crippen LogP contribution < -0.4 is 10.6 Å². The zero-order valence-electron chi connectivity index (χ0n) is 28.2. The Morgan fingerprint density at radius 2 is 1.55 bits per heavy atom. The Labute approximate surface area is 263 Å². The van der Waals surface area contributed by atoms with E-state index < -0.39 is 41.0 Å². The number of hydrogen-bond donors (Lipinski definition) is 3. The van der Waals surface area contributed by atoms with Gasteiger partial charge in [-0.05, 0) is 56.2 Å². The second-order valence-electron chi connectivity index (χ2n) is 14.6. The average Bonchev–Trinajstić information content (AvgIpc) is 3.64. The van der Waals surface area contributed by atoms with Crippen molar-refractivity contribution in [1.29, 1.82) is 0 Å². The van der Waals surface area contributed by atoms with E-state index in [0.29, 0.717) is 38.9 Å². The minimum absolute atomic E-state index is 0.0808. The number of carboxylic acid groups (broad SMARTS) is 1. The number of aliphatic carboxylic acids is 1. The van der Waals surface area contributed by atoms with Crippen molar-refractivity contribution in [2.24, 2.45) is 11.3 Å². The molecule has 1 aromatic rings. The summed E-state index contributed by atoms with van der Waals surface area (Å²) in [5, 5.41) is 15.9. The van der Waals surface area contributed by atoms with Gasteiger partial charge in [0, 0.05) is 31.6 Å². The number of likely N-dealkylation sites (N-methyl/N-ethyl adjacent to an activating group) is 2. The number of nitrogens with zero attached hydrogens (tertiary/aromatic N) is 3. The smallest absolute Gasteiger partial charge is 0.326 e. The summed E-state index contributed by atoms with van der Waals surface area (Å²) >= 11 is 0. The summed E-state index contributed by atoms with van der Waals surface area (Å²) in [6.07, 6.45) is 2.69. The molecular formula is C34H55N5O5. The maximum atomic E-state index is 14.2. The van der Waals surface area contributed by atoms with Gasteiger partial charge in [0.1, 0.15) is 12.1 Å². The van der Waals surface area contributed by atoms with Crippen LogP contribution in [-0.2, 0) is 24.6 Å². The van der Waals surface area contributed by atoms with Gasteiger partial charge < -0.3 is 25.5 Å². The summed E-state index contributed by atoms with van der Waals surface area (Å²) in [6, 6.07) is 7.14. The molecule has 1 unspecified atom stereocenters. The molecule has 0 aromatic heterocycles. The number of hydrogen-bond acceptors (Lipinski definition) is 6. The van der Waals surface area contributed by atoms with Gasteiger partial charge in [0.05, 0.1) is 12.1 Å². The molecule has 44 heavy (non-hydrogen) atoms. The van der Waals surface area contributed by atoms with Crippen LogP contribution in [0.4, 0.5) is 0 Å². The topological polar surface area (TPSA) is 122 Å². The molecule has 1 aromatic carbocycles. The Kier molecular flexibility index (Phi) is 11.6. The number of carbonyl (C=O) groups is 4. The molecule has 5 atom stereocenters. The zero-order chi connectivity index (χ0) is 33.0. The lowest BCUT2D eigenvalue weighted by Gasteiger charge is -2.41. The van der Waals surface area contributed by atoms with E-state index in [1.54, 1.807) is 19.0 Å². The Morgan fingerprint density at radius 3 is 2.09 bits per heavy atom. The van der Waals surface area contributed by atoms with Crippen LogP contribution in [0, 0.1) is 11.3 Å². The van der Waals surface area contributed by atoms with E-state index in [4.69, 9.17) is 0 Å². The monoisotopic (exact) mass is 613 g/mol. The van der Waals surface area contributed by atoms with Crippen LogP contribution in [-0.4, -0.2) is 107 Å². The first-order valence-corrected chi connectivity index (χ1v) is 16.1. The summed E-state index contributed by atoms with van der Waals surface area (Å²) in [7, 11) is 3.55. The van der Waals surface area contributed by atoms with E-state index in [1.165, 1.54) is 4.90 Å². The zero-order valence-corrected chi connectivity index (χ0v) is 28.2. The largest absolute Gasteiger partial charge is 0.480 e. The molecule has 10 heteroatoms. The number of likely N-dealkylation sites (tertiary alicyclic amines) is 2. The third-order valence-corrected chi connectivity index (χ3v) is 9.70. The maximum Gasteiger partial charge on any atom is 0.326 e. The predicted octanol–water partition coefficient (Wildman–Crippen LogP) is 3.11. The molecule has 3 rings (SSSR count). The third kappa shape index (κ3) is 7.80. The van der Waals surface area contributed by atoms with Gasteiger partial charge in [-0.3, -0.25) is 19.3 Å². The molecule has 2 saturated heterocycles. The molecule has 246 valence electrons. The Morgan fingerprint density at radius 1 is 0.955 bits per heavy atom. The summed E-state index contributed by atoms with van der Waals surface area (Å²) in [4.78, 5) is 58.8. The van der Waals surface area contributed by atoms with Crippen molar-refractivity contribution in [1.82, 2.24) is 25.3 Å². The van der Waals surface area contributed by atoms with Crippen LogP contribution in [0.15, 0.2) is 30.3 Å². The average molecular weight is 614 g/mol. The molecule has 0 saturated carbocycles. The van der Waals surface area contributed by atoms with Crippen molar-refractivity contribution in [2.45, 2.75) is 110 Å². The molecule has 0 aliphatic carbocycles. The molecular weight excluding hydrogens is 558 g/mol. The van der Waals surface area contributed by atoms with Crippen molar-refractivity contribution in [2.75, 3.05) is 33.7 Å². The number of rotatable bonds is 12. The van der Waals surface area contributed by atoms with Gasteiger partial charge in [-0.15, -0.1) is 0 Å². The van der Waals surface area contributed by atoms with Gasteiger partial charge in [0.15, 0.2) is 0 Å². The molecule has 0 spiro atoms. The molecule has 3 amide bonds. The first-order valence-electron chi connectivity index (χ1n) is 16.1. The van der Waals surface area contributed by atoms with Gasteiger partial charge >= 0.3 is 5.97 Å². The minimum Gasteiger partial charge on any atom is -0.480 e. The molecule has 0 bridgehead atoms.